The van der Waals surface area contributed by atoms with Gasteiger partial charge in [-0.2, -0.15) is 0 Å². The van der Waals surface area contributed by atoms with Crippen molar-refractivity contribution in [1.82, 2.24) is 4.90 Å². The third kappa shape index (κ3) is 4.74. The van der Waals surface area contributed by atoms with Crippen LogP contribution in [-0.2, 0) is 11.2 Å². The number of methoxy groups -OCH3 is 2. The summed E-state index contributed by atoms with van der Waals surface area (Å²) < 4.78 is 10.7. The highest BCUT2D eigenvalue weighted by atomic mass is 16.5. The van der Waals surface area contributed by atoms with Crippen molar-refractivity contribution < 1.29 is 14.3 Å². The largest absolute Gasteiger partial charge is 0.493 e. The molecule has 4 nitrogen and oxygen atoms in total. The topological polar surface area (TPSA) is 38.8 Å². The summed E-state index contributed by atoms with van der Waals surface area (Å²) in [7, 11) is 3.26. The standard InChI is InChI=1S/C31H31NO3/c1-34-28-15-11-22(21-29(28)35-2)12-16-30(33)32-19-17-25(18-20-32)31-26-9-5-3-7-23(26)13-14-24-8-4-6-10-27(24)31/h3-11,13-15,21H,12,16-20H2,1-2H3. The van der Waals surface area contributed by atoms with Crippen molar-refractivity contribution in [1.29, 1.82) is 0 Å². The molecule has 0 spiro atoms. The maximum absolute atomic E-state index is 13.0. The van der Waals surface area contributed by atoms with Crippen molar-refractivity contribution in [3.8, 4) is 11.5 Å². The Morgan fingerprint density at radius 1 is 0.800 bits per heavy atom. The molecule has 0 radical (unpaired) electrons. The lowest BCUT2D eigenvalue weighted by atomic mass is 9.86. The number of carbonyl (C=O) groups excluding carboxylic acids is 1. The molecule has 5 rings (SSSR count). The highest BCUT2D eigenvalue weighted by molar-refractivity contribution is 5.95. The molecule has 3 aromatic rings. The Balaban J connectivity index is 1.31. The zero-order valence-corrected chi connectivity index (χ0v) is 20.4. The average molecular weight is 466 g/mol. The van der Waals surface area contributed by atoms with Gasteiger partial charge >= 0.3 is 0 Å². The van der Waals surface area contributed by atoms with Gasteiger partial charge in [0.15, 0.2) is 11.5 Å². The summed E-state index contributed by atoms with van der Waals surface area (Å²) in [4.78, 5) is 15.1. The molecule has 4 heteroatoms. The van der Waals surface area contributed by atoms with E-state index >= 15 is 0 Å². The van der Waals surface area contributed by atoms with Gasteiger partial charge in [0.05, 0.1) is 14.2 Å². The van der Waals surface area contributed by atoms with E-state index in [-0.39, 0.29) is 5.91 Å². The molecule has 1 heterocycles. The first-order valence-electron chi connectivity index (χ1n) is 12.3. The van der Waals surface area contributed by atoms with Crippen LogP contribution in [0.5, 0.6) is 11.5 Å². The number of amides is 1. The Kier molecular flexibility index (Phi) is 6.71. The molecule has 0 aromatic heterocycles. The number of ether oxygens (including phenoxy) is 2. The Hall–Kier alpha value is -3.79. The van der Waals surface area contributed by atoms with Crippen LogP contribution in [0.25, 0.3) is 17.7 Å². The lowest BCUT2D eigenvalue weighted by molar-refractivity contribution is -0.131. The summed E-state index contributed by atoms with van der Waals surface area (Å²) in [5.74, 6) is 1.62. The molecule has 178 valence electrons. The fraction of sp³-hybridized carbons (Fsp3) is 0.258. The van der Waals surface area contributed by atoms with Crippen LogP contribution in [0.3, 0.4) is 0 Å². The van der Waals surface area contributed by atoms with Crippen LogP contribution in [0.4, 0.5) is 0 Å². The van der Waals surface area contributed by atoms with Gasteiger partial charge in [0.25, 0.3) is 0 Å². The highest BCUT2D eigenvalue weighted by Gasteiger charge is 2.24. The number of nitrogens with zero attached hydrogens (tertiary/aromatic N) is 1. The van der Waals surface area contributed by atoms with E-state index in [1.165, 1.54) is 33.4 Å². The monoisotopic (exact) mass is 465 g/mol. The molecule has 1 fully saturated rings. The van der Waals surface area contributed by atoms with Crippen molar-refractivity contribution in [2.24, 2.45) is 0 Å². The Morgan fingerprint density at radius 2 is 1.40 bits per heavy atom. The second-order valence-electron chi connectivity index (χ2n) is 9.06. The van der Waals surface area contributed by atoms with Crippen molar-refractivity contribution in [3.63, 3.8) is 0 Å². The van der Waals surface area contributed by atoms with Gasteiger partial charge in [0.1, 0.15) is 0 Å². The molecule has 1 aliphatic heterocycles. The Bertz CT molecular complexity index is 1240. The molecule has 0 unspecified atom stereocenters. The summed E-state index contributed by atoms with van der Waals surface area (Å²) in [5.41, 5.74) is 8.94. The minimum atomic E-state index is 0.215. The van der Waals surface area contributed by atoms with Crippen LogP contribution < -0.4 is 9.47 Å². The molecule has 1 amide bonds. The number of fused-ring (bicyclic) bond motifs is 2. The Morgan fingerprint density at radius 3 is 2.00 bits per heavy atom. The third-order valence-corrected chi connectivity index (χ3v) is 7.05. The van der Waals surface area contributed by atoms with Gasteiger partial charge in [-0.1, -0.05) is 72.3 Å². The molecule has 0 saturated carbocycles. The smallest absolute Gasteiger partial charge is 0.222 e. The molecule has 0 atom stereocenters. The van der Waals surface area contributed by atoms with Crippen LogP contribution in [-0.4, -0.2) is 38.1 Å². The van der Waals surface area contributed by atoms with Crippen molar-refractivity contribution in [2.45, 2.75) is 25.7 Å². The maximum atomic E-state index is 13.0. The van der Waals surface area contributed by atoms with Crippen LogP contribution in [0.1, 0.15) is 47.1 Å². The fourth-order valence-electron chi connectivity index (χ4n) is 5.17. The number of benzene rings is 3. The number of carbonyl (C=O) groups is 1. The third-order valence-electron chi connectivity index (χ3n) is 7.05. The summed E-state index contributed by atoms with van der Waals surface area (Å²) in [6.45, 7) is 1.53. The summed E-state index contributed by atoms with van der Waals surface area (Å²) in [6, 6.07) is 23.1. The average Bonchev–Trinajstić information content (AvgIpc) is 3.08. The summed E-state index contributed by atoms with van der Waals surface area (Å²) in [5, 5.41) is 0. The minimum Gasteiger partial charge on any atom is -0.493 e. The number of hydrogen-bond donors (Lipinski definition) is 0. The molecular formula is C31H31NO3. The van der Waals surface area contributed by atoms with Crippen LogP contribution >= 0.6 is 0 Å². The molecule has 0 bridgehead atoms. The molecule has 35 heavy (non-hydrogen) atoms. The van der Waals surface area contributed by atoms with Gasteiger partial charge in [0.2, 0.25) is 5.91 Å². The van der Waals surface area contributed by atoms with E-state index in [4.69, 9.17) is 9.47 Å². The van der Waals surface area contributed by atoms with Gasteiger partial charge in [-0.25, -0.2) is 0 Å². The predicted molar refractivity (Wildman–Crippen MR) is 142 cm³/mol. The SMILES string of the molecule is COc1ccc(CCC(=O)N2CCC(=C3c4ccccc4C=Cc4ccccc43)CC2)cc1OC. The van der Waals surface area contributed by atoms with Crippen molar-refractivity contribution >= 4 is 23.6 Å². The molecule has 0 N–H and O–H groups in total. The summed E-state index contributed by atoms with van der Waals surface area (Å²) in [6.07, 6.45) is 7.43. The zero-order valence-electron chi connectivity index (χ0n) is 20.4. The molecule has 1 saturated heterocycles. The van der Waals surface area contributed by atoms with E-state index in [2.05, 4.69) is 60.7 Å². The van der Waals surface area contributed by atoms with Gasteiger partial charge in [0, 0.05) is 19.5 Å². The second-order valence-corrected chi connectivity index (χ2v) is 9.06. The van der Waals surface area contributed by atoms with E-state index in [1.54, 1.807) is 14.2 Å². The first-order valence-corrected chi connectivity index (χ1v) is 12.3. The van der Waals surface area contributed by atoms with E-state index in [9.17, 15) is 4.79 Å². The van der Waals surface area contributed by atoms with Crippen LogP contribution in [0.2, 0.25) is 0 Å². The van der Waals surface area contributed by atoms with Crippen LogP contribution in [0, 0.1) is 0 Å². The number of rotatable bonds is 5. The zero-order chi connectivity index (χ0) is 24.2. The van der Waals surface area contributed by atoms with Crippen molar-refractivity contribution in [2.75, 3.05) is 27.3 Å². The Labute approximate surface area is 207 Å². The van der Waals surface area contributed by atoms with Crippen LogP contribution in [0.15, 0.2) is 72.3 Å². The minimum absolute atomic E-state index is 0.215. The maximum Gasteiger partial charge on any atom is 0.222 e. The number of hydrogen-bond acceptors (Lipinski definition) is 3. The predicted octanol–water partition coefficient (Wildman–Crippen LogP) is 6.24. The van der Waals surface area contributed by atoms with E-state index in [0.717, 1.165) is 31.5 Å². The van der Waals surface area contributed by atoms with Gasteiger partial charge in [-0.15, -0.1) is 0 Å². The molecular weight excluding hydrogens is 434 g/mol. The van der Waals surface area contributed by atoms with E-state index < -0.39 is 0 Å². The fourth-order valence-corrected chi connectivity index (χ4v) is 5.17. The first-order chi connectivity index (χ1) is 17.2. The van der Waals surface area contributed by atoms with E-state index in [1.807, 2.05) is 23.1 Å². The first kappa shape index (κ1) is 23.0. The van der Waals surface area contributed by atoms with Crippen molar-refractivity contribution in [3.05, 3.63) is 100 Å². The summed E-state index contributed by atoms with van der Waals surface area (Å²) >= 11 is 0. The number of aryl methyl sites for hydroxylation is 1. The van der Waals surface area contributed by atoms with Gasteiger partial charge in [-0.3, -0.25) is 4.79 Å². The number of likely N-dealkylation sites (tertiary alicyclic amines) is 1. The number of piperidine rings is 1. The molecule has 3 aromatic carbocycles. The lowest BCUT2D eigenvalue weighted by Gasteiger charge is -2.31. The quantitative estimate of drug-likeness (QED) is 0.350. The highest BCUT2D eigenvalue weighted by Crippen LogP contribution is 2.38. The lowest BCUT2D eigenvalue weighted by Crippen LogP contribution is -2.36. The second kappa shape index (κ2) is 10.2. The van der Waals surface area contributed by atoms with Gasteiger partial charge < -0.3 is 14.4 Å². The molecule has 1 aliphatic carbocycles. The van der Waals surface area contributed by atoms with Gasteiger partial charge in [-0.05, 0) is 64.8 Å². The molecule has 2 aliphatic rings. The van der Waals surface area contributed by atoms with E-state index in [0.29, 0.717) is 24.3 Å². The normalized spacial score (nSPS) is 14.7.